The van der Waals surface area contributed by atoms with Crippen LogP contribution in [0.25, 0.3) is 0 Å². The monoisotopic (exact) mass is 272 g/mol. The maximum atomic E-state index is 5.74. The van der Waals surface area contributed by atoms with Gasteiger partial charge in [-0.15, -0.1) is 0 Å². The second-order valence-corrected chi connectivity index (χ2v) is 4.63. The lowest BCUT2D eigenvalue weighted by molar-refractivity contribution is 0.296. The van der Waals surface area contributed by atoms with E-state index in [0.717, 1.165) is 18.4 Å². The Hall–Kier alpha value is -2.14. The summed E-state index contributed by atoms with van der Waals surface area (Å²) >= 11 is 0. The zero-order chi connectivity index (χ0) is 14.4. The molecular weight excluding hydrogens is 252 g/mol. The minimum absolute atomic E-state index is 0.596. The van der Waals surface area contributed by atoms with E-state index in [1.54, 1.807) is 0 Å². The van der Waals surface area contributed by atoms with Crippen molar-refractivity contribution in [3.05, 3.63) is 47.3 Å². The summed E-state index contributed by atoms with van der Waals surface area (Å²) in [6.45, 7) is 4.33. The van der Waals surface area contributed by atoms with Crippen molar-refractivity contribution in [2.24, 2.45) is 5.84 Å². The van der Waals surface area contributed by atoms with Crippen LogP contribution in [0.3, 0.4) is 0 Å². The van der Waals surface area contributed by atoms with Crippen molar-refractivity contribution in [2.75, 3.05) is 12.0 Å². The van der Waals surface area contributed by atoms with E-state index in [2.05, 4.69) is 27.5 Å². The van der Waals surface area contributed by atoms with Crippen molar-refractivity contribution >= 4 is 5.82 Å². The number of benzene rings is 1. The minimum Gasteiger partial charge on any atom is -0.477 e. The second-order valence-electron chi connectivity index (χ2n) is 4.63. The maximum absolute atomic E-state index is 5.74. The van der Waals surface area contributed by atoms with Crippen LogP contribution in [-0.2, 0) is 6.42 Å². The number of nitrogens with one attached hydrogen (secondary N) is 1. The van der Waals surface area contributed by atoms with E-state index in [1.165, 1.54) is 5.56 Å². The molecule has 0 aliphatic heterocycles. The third-order valence-electron chi connectivity index (χ3n) is 3.04. The fourth-order valence-corrected chi connectivity index (χ4v) is 1.97. The summed E-state index contributed by atoms with van der Waals surface area (Å²) in [6.07, 6.45) is 1.93. The van der Waals surface area contributed by atoms with Gasteiger partial charge in [0.2, 0.25) is 5.88 Å². The fraction of sp³-hybridized carbons (Fsp3) is 0.333. The lowest BCUT2D eigenvalue weighted by Gasteiger charge is -2.11. The molecular formula is C15H20N4O. The largest absolute Gasteiger partial charge is 0.477 e. The smallest absolute Gasteiger partial charge is 0.221 e. The van der Waals surface area contributed by atoms with Crippen LogP contribution >= 0.6 is 0 Å². The van der Waals surface area contributed by atoms with Crippen LogP contribution in [0.4, 0.5) is 5.82 Å². The number of nitrogens with two attached hydrogens (primary N) is 1. The lowest BCUT2D eigenvalue weighted by Crippen LogP contribution is -2.13. The molecule has 5 nitrogen and oxygen atoms in total. The molecule has 5 heteroatoms. The van der Waals surface area contributed by atoms with Crippen LogP contribution in [0.1, 0.15) is 23.4 Å². The van der Waals surface area contributed by atoms with Crippen molar-refractivity contribution < 1.29 is 4.74 Å². The molecule has 2 aromatic rings. The molecule has 0 fully saturated rings. The maximum Gasteiger partial charge on any atom is 0.221 e. The molecule has 0 spiro atoms. The van der Waals surface area contributed by atoms with E-state index in [0.29, 0.717) is 24.1 Å². The number of nitrogens with zero attached hydrogens (tertiary/aromatic N) is 2. The van der Waals surface area contributed by atoms with E-state index in [9.17, 15) is 0 Å². The van der Waals surface area contributed by atoms with Gasteiger partial charge in [0.15, 0.2) is 0 Å². The van der Waals surface area contributed by atoms with E-state index in [4.69, 9.17) is 10.6 Å². The molecule has 0 atom stereocenters. The van der Waals surface area contributed by atoms with E-state index >= 15 is 0 Å². The SMILES string of the molecule is Cc1nc(NN)c(C)c(OCCCc2ccccc2)n1. The molecule has 0 aliphatic rings. The Labute approximate surface area is 119 Å². The van der Waals surface area contributed by atoms with Crippen molar-refractivity contribution in [1.82, 2.24) is 9.97 Å². The molecule has 0 amide bonds. The molecule has 20 heavy (non-hydrogen) atoms. The van der Waals surface area contributed by atoms with Crippen molar-refractivity contribution in [1.29, 1.82) is 0 Å². The van der Waals surface area contributed by atoms with Gasteiger partial charge in [0, 0.05) is 0 Å². The summed E-state index contributed by atoms with van der Waals surface area (Å²) in [5.41, 5.74) is 4.71. The standard InChI is InChI=1S/C15H20N4O/c1-11-14(19-16)17-12(2)18-15(11)20-10-6-9-13-7-4-3-5-8-13/h3-5,7-8H,6,9-10,16H2,1-2H3,(H,17,18,19). The van der Waals surface area contributed by atoms with Gasteiger partial charge in [-0.2, -0.15) is 4.98 Å². The first kappa shape index (κ1) is 14.3. The van der Waals surface area contributed by atoms with Gasteiger partial charge < -0.3 is 10.2 Å². The number of hydrogen-bond donors (Lipinski definition) is 2. The van der Waals surface area contributed by atoms with Crippen molar-refractivity contribution in [3.8, 4) is 5.88 Å². The Balaban J connectivity index is 1.90. The zero-order valence-electron chi connectivity index (χ0n) is 11.9. The molecule has 0 saturated heterocycles. The van der Waals surface area contributed by atoms with Crippen LogP contribution in [0.2, 0.25) is 0 Å². The van der Waals surface area contributed by atoms with Gasteiger partial charge in [0.1, 0.15) is 11.6 Å². The van der Waals surface area contributed by atoms with E-state index in [-0.39, 0.29) is 0 Å². The quantitative estimate of drug-likeness (QED) is 0.480. The summed E-state index contributed by atoms with van der Waals surface area (Å²) in [5.74, 6) is 7.27. The molecule has 0 aliphatic carbocycles. The second kappa shape index (κ2) is 6.86. The molecule has 0 saturated carbocycles. The van der Waals surface area contributed by atoms with E-state index in [1.807, 2.05) is 32.0 Å². The lowest BCUT2D eigenvalue weighted by atomic mass is 10.1. The number of nitrogen functional groups attached to an aromatic ring is 1. The molecule has 0 unspecified atom stereocenters. The molecule has 3 N–H and O–H groups in total. The van der Waals surface area contributed by atoms with Crippen LogP contribution in [-0.4, -0.2) is 16.6 Å². The first-order valence-electron chi connectivity index (χ1n) is 6.69. The summed E-state index contributed by atoms with van der Waals surface area (Å²) < 4.78 is 5.74. The predicted molar refractivity (Wildman–Crippen MR) is 79.6 cm³/mol. The average Bonchev–Trinajstić information content (AvgIpc) is 2.47. The van der Waals surface area contributed by atoms with Gasteiger partial charge in [0.05, 0.1) is 12.2 Å². The summed E-state index contributed by atoms with van der Waals surface area (Å²) in [7, 11) is 0. The molecule has 1 aromatic heterocycles. The summed E-state index contributed by atoms with van der Waals surface area (Å²) in [4.78, 5) is 8.50. The minimum atomic E-state index is 0.596. The Bertz CT molecular complexity index is 557. The average molecular weight is 272 g/mol. The number of aryl methyl sites for hydroxylation is 2. The van der Waals surface area contributed by atoms with Gasteiger partial charge in [0.25, 0.3) is 0 Å². The molecule has 1 heterocycles. The highest BCUT2D eigenvalue weighted by molar-refractivity contribution is 5.47. The number of ether oxygens (including phenoxy) is 1. The number of anilines is 1. The number of aromatic nitrogens is 2. The highest BCUT2D eigenvalue weighted by Crippen LogP contribution is 2.21. The van der Waals surface area contributed by atoms with Crippen LogP contribution in [0.5, 0.6) is 5.88 Å². The normalized spacial score (nSPS) is 10.3. The Kier molecular flexibility index (Phi) is 4.90. The van der Waals surface area contributed by atoms with Gasteiger partial charge in [-0.05, 0) is 32.3 Å². The third kappa shape index (κ3) is 3.68. The summed E-state index contributed by atoms with van der Waals surface area (Å²) in [6, 6.07) is 10.4. The van der Waals surface area contributed by atoms with Crippen LogP contribution in [0.15, 0.2) is 30.3 Å². The van der Waals surface area contributed by atoms with Gasteiger partial charge in [-0.25, -0.2) is 10.8 Å². The third-order valence-corrected chi connectivity index (χ3v) is 3.04. The van der Waals surface area contributed by atoms with E-state index < -0.39 is 0 Å². The predicted octanol–water partition coefficient (Wildman–Crippen LogP) is 2.39. The molecule has 0 bridgehead atoms. The number of rotatable bonds is 6. The Morgan fingerprint density at radius 1 is 1.15 bits per heavy atom. The first-order chi connectivity index (χ1) is 9.70. The molecule has 1 aromatic carbocycles. The fourth-order valence-electron chi connectivity index (χ4n) is 1.97. The van der Waals surface area contributed by atoms with Crippen molar-refractivity contribution in [2.45, 2.75) is 26.7 Å². The van der Waals surface area contributed by atoms with Crippen LogP contribution in [0, 0.1) is 13.8 Å². The highest BCUT2D eigenvalue weighted by atomic mass is 16.5. The van der Waals surface area contributed by atoms with Gasteiger partial charge in [-0.1, -0.05) is 30.3 Å². The van der Waals surface area contributed by atoms with Crippen molar-refractivity contribution in [3.63, 3.8) is 0 Å². The van der Waals surface area contributed by atoms with Gasteiger partial charge >= 0.3 is 0 Å². The highest BCUT2D eigenvalue weighted by Gasteiger charge is 2.09. The molecule has 0 radical (unpaired) electrons. The Morgan fingerprint density at radius 2 is 1.90 bits per heavy atom. The Morgan fingerprint density at radius 3 is 2.60 bits per heavy atom. The van der Waals surface area contributed by atoms with Crippen LogP contribution < -0.4 is 16.0 Å². The number of hydrazine groups is 1. The molecule has 2 rings (SSSR count). The van der Waals surface area contributed by atoms with Gasteiger partial charge in [-0.3, -0.25) is 0 Å². The molecule has 106 valence electrons. The topological polar surface area (TPSA) is 73.1 Å². The number of hydrogen-bond acceptors (Lipinski definition) is 5. The first-order valence-corrected chi connectivity index (χ1v) is 6.69. The zero-order valence-corrected chi connectivity index (χ0v) is 11.9. The summed E-state index contributed by atoms with van der Waals surface area (Å²) in [5, 5.41) is 0.